The van der Waals surface area contributed by atoms with Gasteiger partial charge in [0.15, 0.2) is 0 Å². The van der Waals surface area contributed by atoms with E-state index in [0.717, 1.165) is 0 Å². The number of carbonyl (C=O) groups is 4. The zero-order valence-corrected chi connectivity index (χ0v) is 19.0. The zero-order chi connectivity index (χ0) is 25.0. The monoisotopic (exact) mass is 484 g/mol. The quantitative estimate of drug-likeness (QED) is 0.126. The van der Waals surface area contributed by atoms with Gasteiger partial charge in [0.25, 0.3) is 0 Å². The summed E-state index contributed by atoms with van der Waals surface area (Å²) in [6.45, 7) is 0.114. The molecule has 13 heteroatoms. The topological polar surface area (TPSA) is 223 Å². The SMILES string of the molecule is NCC[C@H](NC(=O)[C@H](CCN)NC(=O)[C@@H](N)CS)C(=O)N[C@@H](Cc1ccc(O)cc1)C(=O)O. The predicted octanol–water partition coefficient (Wildman–Crippen LogP) is -2.57. The molecule has 1 rings (SSSR count). The molecule has 1 aromatic carbocycles. The average Bonchev–Trinajstić information content (AvgIpc) is 2.78. The Morgan fingerprint density at radius 1 is 0.848 bits per heavy atom. The molecule has 0 unspecified atom stereocenters. The lowest BCUT2D eigenvalue weighted by atomic mass is 10.0. The number of hydrogen-bond donors (Lipinski definition) is 9. The summed E-state index contributed by atoms with van der Waals surface area (Å²) in [6, 6.07) is 1.47. The maximum absolute atomic E-state index is 12.8. The van der Waals surface area contributed by atoms with Crippen molar-refractivity contribution in [2.75, 3.05) is 18.8 Å². The number of rotatable bonds is 14. The molecule has 1 aromatic rings. The second-order valence-electron chi connectivity index (χ2n) is 7.34. The molecule has 184 valence electrons. The Kier molecular flexibility index (Phi) is 12.2. The fourth-order valence-electron chi connectivity index (χ4n) is 2.85. The van der Waals surface area contributed by atoms with E-state index in [1.165, 1.54) is 24.3 Å². The van der Waals surface area contributed by atoms with Crippen molar-refractivity contribution >= 4 is 36.3 Å². The minimum absolute atomic E-state index is 0.0230. The van der Waals surface area contributed by atoms with Crippen molar-refractivity contribution < 1.29 is 29.4 Å². The second-order valence-corrected chi connectivity index (χ2v) is 7.70. The normalized spacial score (nSPS) is 14.4. The zero-order valence-electron chi connectivity index (χ0n) is 18.1. The molecule has 12 nitrogen and oxygen atoms in total. The number of phenolic OH excluding ortho intramolecular Hbond substituents is 1. The van der Waals surface area contributed by atoms with Crippen molar-refractivity contribution in [2.24, 2.45) is 17.2 Å². The van der Waals surface area contributed by atoms with Crippen molar-refractivity contribution in [3.05, 3.63) is 29.8 Å². The first-order valence-electron chi connectivity index (χ1n) is 10.3. The van der Waals surface area contributed by atoms with Gasteiger partial charge in [0.1, 0.15) is 23.9 Å². The van der Waals surface area contributed by atoms with Crippen molar-refractivity contribution in [1.82, 2.24) is 16.0 Å². The molecule has 0 aromatic heterocycles. The summed E-state index contributed by atoms with van der Waals surface area (Å²) in [6.07, 6.45) is 0.0765. The van der Waals surface area contributed by atoms with Gasteiger partial charge in [-0.15, -0.1) is 0 Å². The maximum atomic E-state index is 12.8. The number of aromatic hydroxyl groups is 1. The molecule has 0 aliphatic carbocycles. The van der Waals surface area contributed by atoms with Crippen molar-refractivity contribution in [1.29, 1.82) is 0 Å². The van der Waals surface area contributed by atoms with Crippen molar-refractivity contribution in [3.8, 4) is 5.75 Å². The summed E-state index contributed by atoms with van der Waals surface area (Å²) in [5.41, 5.74) is 17.3. The minimum atomic E-state index is -1.29. The smallest absolute Gasteiger partial charge is 0.326 e. The van der Waals surface area contributed by atoms with E-state index in [9.17, 15) is 29.4 Å². The number of aliphatic carboxylic acids is 1. The largest absolute Gasteiger partial charge is 0.508 e. The summed E-state index contributed by atoms with van der Waals surface area (Å²) >= 11 is 3.94. The number of nitrogens with one attached hydrogen (secondary N) is 3. The van der Waals surface area contributed by atoms with E-state index in [0.29, 0.717) is 5.56 Å². The molecule has 0 radical (unpaired) electrons. The van der Waals surface area contributed by atoms with Crippen LogP contribution in [-0.2, 0) is 25.6 Å². The van der Waals surface area contributed by atoms with Gasteiger partial charge in [-0.1, -0.05) is 12.1 Å². The summed E-state index contributed by atoms with van der Waals surface area (Å²) in [5, 5.41) is 26.2. The molecule has 0 heterocycles. The fourth-order valence-corrected chi connectivity index (χ4v) is 3.01. The van der Waals surface area contributed by atoms with E-state index >= 15 is 0 Å². The Morgan fingerprint density at radius 2 is 1.30 bits per heavy atom. The average molecular weight is 485 g/mol. The molecule has 0 aliphatic heterocycles. The van der Waals surface area contributed by atoms with E-state index < -0.39 is 47.9 Å². The number of amides is 3. The third kappa shape index (κ3) is 9.65. The first kappa shape index (κ1) is 28.2. The maximum Gasteiger partial charge on any atom is 0.326 e. The van der Waals surface area contributed by atoms with Crippen LogP contribution in [0.4, 0.5) is 0 Å². The van der Waals surface area contributed by atoms with Gasteiger partial charge in [-0.25, -0.2) is 4.79 Å². The first-order valence-corrected chi connectivity index (χ1v) is 10.9. The molecule has 0 spiro atoms. The number of carboxylic acid groups (broad SMARTS) is 1. The summed E-state index contributed by atoms with van der Waals surface area (Å²) in [4.78, 5) is 49.2. The number of nitrogens with two attached hydrogens (primary N) is 3. The van der Waals surface area contributed by atoms with E-state index in [4.69, 9.17) is 17.2 Å². The molecule has 0 aliphatic rings. The molecule has 11 N–H and O–H groups in total. The molecule has 0 bridgehead atoms. The highest BCUT2D eigenvalue weighted by Crippen LogP contribution is 2.11. The summed E-state index contributed by atoms with van der Waals surface area (Å²) in [5.74, 6) is -3.21. The van der Waals surface area contributed by atoms with Crippen LogP contribution in [0.5, 0.6) is 5.75 Å². The summed E-state index contributed by atoms with van der Waals surface area (Å²) in [7, 11) is 0. The van der Waals surface area contributed by atoms with E-state index in [-0.39, 0.29) is 43.9 Å². The van der Waals surface area contributed by atoms with Crippen molar-refractivity contribution in [3.63, 3.8) is 0 Å². The Hall–Kier alpha value is -2.87. The third-order valence-electron chi connectivity index (χ3n) is 4.70. The fraction of sp³-hybridized carbons (Fsp3) is 0.500. The number of benzene rings is 1. The molecule has 0 saturated carbocycles. The molecule has 0 fully saturated rings. The number of carbonyl (C=O) groups excluding carboxylic acids is 3. The lowest BCUT2D eigenvalue weighted by molar-refractivity contribution is -0.142. The minimum Gasteiger partial charge on any atom is -0.508 e. The highest BCUT2D eigenvalue weighted by molar-refractivity contribution is 7.80. The van der Waals surface area contributed by atoms with Gasteiger partial charge in [0.05, 0.1) is 6.04 Å². The Labute approximate surface area is 197 Å². The van der Waals surface area contributed by atoms with Crippen LogP contribution in [0.15, 0.2) is 24.3 Å². The van der Waals surface area contributed by atoms with E-state index in [1.54, 1.807) is 0 Å². The molecule has 4 atom stereocenters. The van der Waals surface area contributed by atoms with Crippen LogP contribution in [0.3, 0.4) is 0 Å². The first-order chi connectivity index (χ1) is 15.6. The van der Waals surface area contributed by atoms with Crippen molar-refractivity contribution in [2.45, 2.75) is 43.4 Å². The number of carboxylic acids is 1. The molecule has 0 saturated heterocycles. The standard InChI is InChI=1S/C20H32N6O6S/c21-7-5-14(24-17(28)13(23)10-33)18(29)25-15(6-8-22)19(30)26-16(20(31)32)9-11-1-3-12(27)4-2-11/h1-4,13-16,27,33H,5-10,21-23H2,(H,24,28)(H,25,29)(H,26,30)(H,31,32)/t13-,14-,15-,16-/m0/s1. The van der Waals surface area contributed by atoms with Crippen LogP contribution in [0.25, 0.3) is 0 Å². The highest BCUT2D eigenvalue weighted by atomic mass is 32.1. The Balaban J connectivity index is 2.89. The van der Waals surface area contributed by atoms with Gasteiger partial charge < -0.3 is 43.4 Å². The van der Waals surface area contributed by atoms with E-state index in [1.807, 2.05) is 0 Å². The third-order valence-corrected chi connectivity index (χ3v) is 5.09. The van der Waals surface area contributed by atoms with Crippen LogP contribution in [0.2, 0.25) is 0 Å². The molecular weight excluding hydrogens is 452 g/mol. The van der Waals surface area contributed by atoms with Gasteiger partial charge in [-0.2, -0.15) is 12.6 Å². The van der Waals surface area contributed by atoms with Gasteiger partial charge >= 0.3 is 5.97 Å². The second kappa shape index (κ2) is 14.3. The molecular formula is C20H32N6O6S. The number of hydrogen-bond acceptors (Lipinski definition) is 9. The molecule has 3 amide bonds. The lowest BCUT2D eigenvalue weighted by Gasteiger charge is -2.24. The van der Waals surface area contributed by atoms with E-state index in [2.05, 4.69) is 28.6 Å². The van der Waals surface area contributed by atoms with Gasteiger partial charge in [-0.05, 0) is 43.6 Å². The Bertz CT molecular complexity index is 809. The Morgan fingerprint density at radius 3 is 1.73 bits per heavy atom. The number of thiol groups is 1. The van der Waals surface area contributed by atoms with Crippen LogP contribution in [0.1, 0.15) is 18.4 Å². The van der Waals surface area contributed by atoms with Gasteiger partial charge in [-0.3, -0.25) is 14.4 Å². The molecule has 33 heavy (non-hydrogen) atoms. The van der Waals surface area contributed by atoms with Crippen LogP contribution in [-0.4, -0.2) is 76.9 Å². The lowest BCUT2D eigenvalue weighted by Crippen LogP contribution is -2.58. The highest BCUT2D eigenvalue weighted by Gasteiger charge is 2.29. The van der Waals surface area contributed by atoms with Crippen LogP contribution >= 0.6 is 12.6 Å². The van der Waals surface area contributed by atoms with Gasteiger partial charge in [0, 0.05) is 12.2 Å². The van der Waals surface area contributed by atoms with Crippen LogP contribution < -0.4 is 33.2 Å². The number of phenols is 1. The predicted molar refractivity (Wildman–Crippen MR) is 124 cm³/mol. The van der Waals surface area contributed by atoms with Gasteiger partial charge in [0.2, 0.25) is 17.7 Å². The summed E-state index contributed by atoms with van der Waals surface area (Å²) < 4.78 is 0. The van der Waals surface area contributed by atoms with Crippen LogP contribution in [0, 0.1) is 0 Å².